The van der Waals surface area contributed by atoms with Gasteiger partial charge in [0.05, 0.1) is 29.2 Å². The predicted octanol–water partition coefficient (Wildman–Crippen LogP) is 4.58. The molecule has 0 aliphatic carbocycles. The maximum Gasteiger partial charge on any atom is 0.269 e. The zero-order valence-electron chi connectivity index (χ0n) is 21.7. The average Bonchev–Trinajstić information content (AvgIpc) is 2.92. The lowest BCUT2D eigenvalue weighted by molar-refractivity contribution is -0.384. The summed E-state index contributed by atoms with van der Waals surface area (Å²) in [5.41, 5.74) is 3.64. The van der Waals surface area contributed by atoms with Gasteiger partial charge < -0.3 is 15.0 Å². The molecule has 9 nitrogen and oxygen atoms in total. The molecular weight excluding hydrogens is 484 g/mol. The number of piperidine rings is 1. The molecule has 2 heterocycles. The summed E-state index contributed by atoms with van der Waals surface area (Å²) in [4.78, 5) is 43.2. The van der Waals surface area contributed by atoms with Gasteiger partial charge in [-0.25, -0.2) is 0 Å². The van der Waals surface area contributed by atoms with Crippen LogP contribution < -0.4 is 10.1 Å². The molecule has 0 spiro atoms. The van der Waals surface area contributed by atoms with Crippen molar-refractivity contribution in [3.05, 3.63) is 98.9 Å². The summed E-state index contributed by atoms with van der Waals surface area (Å²) in [6.45, 7) is 5.79. The number of carbonyl (C=O) groups excluding carboxylic acids is 2. The number of nitrogens with zero attached hydrogens (tertiary/aromatic N) is 3. The molecule has 1 fully saturated rings. The van der Waals surface area contributed by atoms with Crippen LogP contribution in [0.3, 0.4) is 0 Å². The van der Waals surface area contributed by atoms with Crippen molar-refractivity contribution in [2.45, 2.75) is 45.6 Å². The SMILES string of the molecule is CCOc1ccccc1CNC(=O)c1ccc(C)nc1C1CCN(C(=O)Cc2cccc([N+](=O)[O-])c2)CC1. The summed E-state index contributed by atoms with van der Waals surface area (Å²) in [5, 5.41) is 14.0. The molecule has 0 bridgehead atoms. The second kappa shape index (κ2) is 12.3. The minimum Gasteiger partial charge on any atom is -0.494 e. The molecular formula is C29H32N4O5. The van der Waals surface area contributed by atoms with Gasteiger partial charge in [-0.1, -0.05) is 30.3 Å². The van der Waals surface area contributed by atoms with E-state index >= 15 is 0 Å². The second-order valence-corrected chi connectivity index (χ2v) is 9.37. The van der Waals surface area contributed by atoms with Gasteiger partial charge in [-0.2, -0.15) is 0 Å². The first-order chi connectivity index (χ1) is 18.4. The van der Waals surface area contributed by atoms with E-state index in [-0.39, 0.29) is 29.8 Å². The fourth-order valence-electron chi connectivity index (χ4n) is 4.77. The number of para-hydroxylation sites is 1. The highest BCUT2D eigenvalue weighted by Gasteiger charge is 2.28. The second-order valence-electron chi connectivity index (χ2n) is 9.37. The average molecular weight is 517 g/mol. The number of aryl methyl sites for hydroxylation is 1. The van der Waals surface area contributed by atoms with Crippen LogP contribution in [0.2, 0.25) is 0 Å². The van der Waals surface area contributed by atoms with Crippen LogP contribution in [0.1, 0.15) is 58.6 Å². The van der Waals surface area contributed by atoms with E-state index in [4.69, 9.17) is 9.72 Å². The number of hydrogen-bond acceptors (Lipinski definition) is 6. The van der Waals surface area contributed by atoms with Crippen molar-refractivity contribution in [1.29, 1.82) is 0 Å². The zero-order chi connectivity index (χ0) is 27.1. The lowest BCUT2D eigenvalue weighted by Gasteiger charge is -2.32. The third kappa shape index (κ3) is 6.53. The molecule has 4 rings (SSSR count). The summed E-state index contributed by atoms with van der Waals surface area (Å²) in [5.74, 6) is 0.544. The quantitative estimate of drug-likeness (QED) is 0.329. The van der Waals surface area contributed by atoms with Crippen LogP contribution in [-0.4, -0.2) is 46.3 Å². The Balaban J connectivity index is 1.40. The maximum absolute atomic E-state index is 13.2. The number of nitrogens with one attached hydrogen (secondary N) is 1. The Morgan fingerprint density at radius 3 is 2.61 bits per heavy atom. The summed E-state index contributed by atoms with van der Waals surface area (Å²) < 4.78 is 5.67. The summed E-state index contributed by atoms with van der Waals surface area (Å²) in [6, 6.07) is 17.5. The number of amides is 2. The van der Waals surface area contributed by atoms with E-state index in [0.29, 0.717) is 50.2 Å². The van der Waals surface area contributed by atoms with Crippen LogP contribution in [0, 0.1) is 17.0 Å². The number of hydrogen-bond donors (Lipinski definition) is 1. The van der Waals surface area contributed by atoms with Gasteiger partial charge in [-0.15, -0.1) is 0 Å². The van der Waals surface area contributed by atoms with Crippen LogP contribution >= 0.6 is 0 Å². The first-order valence-electron chi connectivity index (χ1n) is 12.8. The fourth-order valence-corrected chi connectivity index (χ4v) is 4.77. The van der Waals surface area contributed by atoms with Gasteiger partial charge in [-0.3, -0.25) is 24.7 Å². The van der Waals surface area contributed by atoms with E-state index in [0.717, 1.165) is 22.7 Å². The standard InChI is InChI=1S/C29H32N4O5/c1-3-38-26-10-5-4-8-23(26)19-30-29(35)25-12-11-20(2)31-28(25)22-13-15-32(16-14-22)27(34)18-21-7-6-9-24(17-21)33(36)37/h4-12,17,22H,3,13-16,18-19H2,1-2H3,(H,30,35). The molecule has 38 heavy (non-hydrogen) atoms. The van der Waals surface area contributed by atoms with Crippen molar-refractivity contribution in [3.63, 3.8) is 0 Å². The minimum absolute atomic E-state index is 0.0216. The molecule has 3 aromatic rings. The number of non-ortho nitro benzene ring substituents is 1. The van der Waals surface area contributed by atoms with Crippen LogP contribution in [0.5, 0.6) is 5.75 Å². The summed E-state index contributed by atoms with van der Waals surface area (Å²) in [6.07, 6.45) is 1.49. The zero-order valence-corrected chi connectivity index (χ0v) is 21.7. The molecule has 0 atom stereocenters. The van der Waals surface area contributed by atoms with Gasteiger partial charge in [0.15, 0.2) is 0 Å². The van der Waals surface area contributed by atoms with Gasteiger partial charge in [0.2, 0.25) is 5.91 Å². The molecule has 9 heteroatoms. The Labute approximate surface area is 222 Å². The van der Waals surface area contributed by atoms with Crippen molar-refractivity contribution < 1.29 is 19.2 Å². The molecule has 198 valence electrons. The van der Waals surface area contributed by atoms with Gasteiger partial charge in [-0.05, 0) is 50.5 Å². The Kier molecular flexibility index (Phi) is 8.68. The normalized spacial score (nSPS) is 13.7. The number of pyridine rings is 1. The highest BCUT2D eigenvalue weighted by Crippen LogP contribution is 2.30. The van der Waals surface area contributed by atoms with Gasteiger partial charge >= 0.3 is 0 Å². The highest BCUT2D eigenvalue weighted by molar-refractivity contribution is 5.95. The minimum atomic E-state index is -0.459. The van der Waals surface area contributed by atoms with Crippen molar-refractivity contribution in [2.75, 3.05) is 19.7 Å². The summed E-state index contributed by atoms with van der Waals surface area (Å²) >= 11 is 0. The lowest BCUT2D eigenvalue weighted by Crippen LogP contribution is -2.39. The molecule has 0 radical (unpaired) electrons. The van der Waals surface area contributed by atoms with E-state index in [9.17, 15) is 19.7 Å². The number of nitro benzene ring substituents is 1. The Morgan fingerprint density at radius 2 is 1.87 bits per heavy atom. The van der Waals surface area contributed by atoms with E-state index in [1.54, 1.807) is 17.0 Å². The molecule has 1 saturated heterocycles. The van der Waals surface area contributed by atoms with E-state index < -0.39 is 4.92 Å². The van der Waals surface area contributed by atoms with E-state index in [1.807, 2.05) is 50.2 Å². The third-order valence-electron chi connectivity index (χ3n) is 6.73. The molecule has 0 saturated carbocycles. The highest BCUT2D eigenvalue weighted by atomic mass is 16.6. The number of nitro groups is 1. The molecule has 1 aliphatic rings. The Bertz CT molecular complexity index is 1320. The molecule has 2 amide bonds. The molecule has 2 aromatic carbocycles. The topological polar surface area (TPSA) is 115 Å². The fraction of sp³-hybridized carbons (Fsp3) is 0.345. The van der Waals surface area contributed by atoms with E-state index in [1.165, 1.54) is 12.1 Å². The Morgan fingerprint density at radius 1 is 1.11 bits per heavy atom. The van der Waals surface area contributed by atoms with Crippen molar-refractivity contribution in [2.24, 2.45) is 0 Å². The lowest BCUT2D eigenvalue weighted by atomic mass is 9.89. The van der Waals surface area contributed by atoms with E-state index in [2.05, 4.69) is 5.32 Å². The van der Waals surface area contributed by atoms with Crippen LogP contribution in [0.25, 0.3) is 0 Å². The predicted molar refractivity (Wildman–Crippen MR) is 143 cm³/mol. The number of ether oxygens (including phenoxy) is 1. The Hall–Kier alpha value is -4.27. The largest absolute Gasteiger partial charge is 0.494 e. The molecule has 1 aliphatic heterocycles. The van der Waals surface area contributed by atoms with Crippen molar-refractivity contribution in [3.8, 4) is 5.75 Å². The number of carbonyl (C=O) groups is 2. The van der Waals surface area contributed by atoms with Gasteiger partial charge in [0.1, 0.15) is 5.75 Å². The van der Waals surface area contributed by atoms with Crippen LogP contribution in [0.15, 0.2) is 60.7 Å². The number of rotatable bonds is 9. The van der Waals surface area contributed by atoms with Gasteiger partial charge in [0, 0.05) is 48.9 Å². The first kappa shape index (κ1) is 26.8. The number of aromatic nitrogens is 1. The number of likely N-dealkylation sites (tertiary alicyclic amines) is 1. The van der Waals surface area contributed by atoms with Crippen LogP contribution in [-0.2, 0) is 17.8 Å². The first-order valence-corrected chi connectivity index (χ1v) is 12.8. The van der Waals surface area contributed by atoms with Crippen LogP contribution in [0.4, 0.5) is 5.69 Å². The third-order valence-corrected chi connectivity index (χ3v) is 6.73. The molecule has 1 N–H and O–H groups in total. The number of benzene rings is 2. The summed E-state index contributed by atoms with van der Waals surface area (Å²) in [7, 11) is 0. The smallest absolute Gasteiger partial charge is 0.269 e. The molecule has 0 unspecified atom stereocenters. The van der Waals surface area contributed by atoms with Crippen molar-refractivity contribution >= 4 is 17.5 Å². The van der Waals surface area contributed by atoms with Gasteiger partial charge in [0.25, 0.3) is 11.6 Å². The molecule has 1 aromatic heterocycles. The van der Waals surface area contributed by atoms with Crippen molar-refractivity contribution in [1.82, 2.24) is 15.2 Å². The monoisotopic (exact) mass is 516 g/mol. The maximum atomic E-state index is 13.2.